The predicted molar refractivity (Wildman–Crippen MR) is 96.7 cm³/mol. The van der Waals surface area contributed by atoms with E-state index in [4.69, 9.17) is 4.74 Å². The van der Waals surface area contributed by atoms with Gasteiger partial charge in [-0.05, 0) is 60.9 Å². The second kappa shape index (κ2) is 6.40. The van der Waals surface area contributed by atoms with Crippen molar-refractivity contribution in [3.8, 4) is 5.75 Å². The molecule has 6 nitrogen and oxygen atoms in total. The van der Waals surface area contributed by atoms with Gasteiger partial charge in [-0.25, -0.2) is 8.42 Å². The number of sulfonamides is 1. The van der Waals surface area contributed by atoms with Gasteiger partial charge in [0.2, 0.25) is 5.91 Å². The summed E-state index contributed by atoms with van der Waals surface area (Å²) in [6.45, 7) is 1.73. The van der Waals surface area contributed by atoms with E-state index in [0.717, 1.165) is 11.3 Å². The number of amides is 1. The van der Waals surface area contributed by atoms with E-state index in [1.54, 1.807) is 49.2 Å². The molecule has 1 heterocycles. The van der Waals surface area contributed by atoms with Gasteiger partial charge in [0.15, 0.2) is 0 Å². The van der Waals surface area contributed by atoms with Gasteiger partial charge in [-0.2, -0.15) is 0 Å². The SMILES string of the molecule is COc1ccc(S(=O)(=O)Nc2ccc3c(c2)CCC(=O)N3C)c(C)c1. The van der Waals surface area contributed by atoms with Crippen LogP contribution in [-0.2, 0) is 21.2 Å². The van der Waals surface area contributed by atoms with Gasteiger partial charge in [-0.1, -0.05) is 0 Å². The number of carbonyl (C=O) groups is 1. The molecular weight excluding hydrogens is 340 g/mol. The Morgan fingerprint density at radius 3 is 2.56 bits per heavy atom. The van der Waals surface area contributed by atoms with E-state index in [1.807, 2.05) is 0 Å². The fourth-order valence-electron chi connectivity index (χ4n) is 2.98. The Kier molecular flexibility index (Phi) is 4.43. The molecule has 132 valence electrons. The molecule has 1 aliphatic heterocycles. The molecular formula is C18H20N2O4S. The van der Waals surface area contributed by atoms with Crippen LogP contribution in [-0.4, -0.2) is 28.5 Å². The van der Waals surface area contributed by atoms with E-state index in [1.165, 1.54) is 13.2 Å². The average molecular weight is 360 g/mol. The van der Waals surface area contributed by atoms with Gasteiger partial charge in [0.25, 0.3) is 10.0 Å². The Bertz CT molecular complexity index is 938. The predicted octanol–water partition coefficient (Wildman–Crippen LogP) is 2.71. The van der Waals surface area contributed by atoms with Crippen LogP contribution in [0, 0.1) is 6.92 Å². The lowest BCUT2D eigenvalue weighted by Gasteiger charge is -2.26. The topological polar surface area (TPSA) is 75.7 Å². The van der Waals surface area contributed by atoms with Gasteiger partial charge in [0.1, 0.15) is 5.75 Å². The highest BCUT2D eigenvalue weighted by molar-refractivity contribution is 7.92. The molecule has 25 heavy (non-hydrogen) atoms. The third-order valence-corrected chi connectivity index (χ3v) is 5.89. The molecule has 0 radical (unpaired) electrons. The van der Waals surface area contributed by atoms with Crippen molar-refractivity contribution in [1.29, 1.82) is 0 Å². The first kappa shape index (κ1) is 17.3. The molecule has 0 atom stereocenters. The van der Waals surface area contributed by atoms with Crippen LogP contribution in [0.15, 0.2) is 41.3 Å². The lowest BCUT2D eigenvalue weighted by molar-refractivity contribution is -0.118. The normalized spacial score (nSPS) is 14.2. The molecule has 0 aliphatic carbocycles. The molecule has 1 amide bonds. The Hall–Kier alpha value is -2.54. The Morgan fingerprint density at radius 2 is 1.88 bits per heavy atom. The second-order valence-electron chi connectivity index (χ2n) is 6.03. The number of nitrogens with one attached hydrogen (secondary N) is 1. The Balaban J connectivity index is 1.90. The summed E-state index contributed by atoms with van der Waals surface area (Å²) < 4.78 is 33.1. The first-order valence-electron chi connectivity index (χ1n) is 7.89. The Morgan fingerprint density at radius 1 is 1.12 bits per heavy atom. The number of ether oxygens (including phenoxy) is 1. The maximum atomic E-state index is 12.7. The van der Waals surface area contributed by atoms with E-state index in [9.17, 15) is 13.2 Å². The van der Waals surface area contributed by atoms with Crippen molar-refractivity contribution in [3.05, 3.63) is 47.5 Å². The smallest absolute Gasteiger partial charge is 0.262 e. The van der Waals surface area contributed by atoms with Crippen molar-refractivity contribution in [2.24, 2.45) is 0 Å². The van der Waals surface area contributed by atoms with Gasteiger partial charge < -0.3 is 9.64 Å². The highest BCUT2D eigenvalue weighted by Gasteiger charge is 2.22. The van der Waals surface area contributed by atoms with Crippen LogP contribution in [0.3, 0.4) is 0 Å². The van der Waals surface area contributed by atoms with Crippen LogP contribution in [0.2, 0.25) is 0 Å². The molecule has 0 saturated carbocycles. The number of anilines is 2. The molecule has 2 aromatic rings. The molecule has 1 N–H and O–H groups in total. The summed E-state index contributed by atoms with van der Waals surface area (Å²) in [6, 6.07) is 10.1. The summed E-state index contributed by atoms with van der Waals surface area (Å²) in [5.41, 5.74) is 2.86. The van der Waals surface area contributed by atoms with E-state index in [0.29, 0.717) is 29.8 Å². The van der Waals surface area contributed by atoms with Crippen LogP contribution < -0.4 is 14.4 Å². The minimum atomic E-state index is -3.71. The third kappa shape index (κ3) is 3.32. The van der Waals surface area contributed by atoms with E-state index in [-0.39, 0.29) is 10.8 Å². The van der Waals surface area contributed by atoms with E-state index < -0.39 is 10.0 Å². The standard InChI is InChI=1S/C18H20N2O4S/c1-12-10-15(24-3)6-8-17(12)25(22,23)19-14-5-7-16-13(11-14)4-9-18(21)20(16)2/h5-8,10-11,19H,4,9H2,1-3H3. The van der Waals surface area contributed by atoms with Crippen LogP contribution in [0.25, 0.3) is 0 Å². The average Bonchev–Trinajstić information content (AvgIpc) is 2.57. The van der Waals surface area contributed by atoms with Gasteiger partial charge in [0.05, 0.1) is 12.0 Å². The number of benzene rings is 2. The number of hydrogen-bond acceptors (Lipinski definition) is 4. The molecule has 0 fully saturated rings. The van der Waals surface area contributed by atoms with Crippen LogP contribution in [0.4, 0.5) is 11.4 Å². The van der Waals surface area contributed by atoms with Crippen molar-refractivity contribution in [2.75, 3.05) is 23.8 Å². The van der Waals surface area contributed by atoms with Crippen LogP contribution >= 0.6 is 0 Å². The van der Waals surface area contributed by atoms with E-state index in [2.05, 4.69) is 4.72 Å². The van der Waals surface area contributed by atoms with Gasteiger partial charge in [-0.3, -0.25) is 9.52 Å². The molecule has 0 aromatic heterocycles. The zero-order valence-electron chi connectivity index (χ0n) is 14.4. The second-order valence-corrected chi connectivity index (χ2v) is 7.68. The number of aryl methyl sites for hydroxylation is 2. The first-order chi connectivity index (χ1) is 11.8. The first-order valence-corrected chi connectivity index (χ1v) is 9.37. The van der Waals surface area contributed by atoms with Crippen molar-refractivity contribution >= 4 is 27.3 Å². The maximum absolute atomic E-state index is 12.7. The number of hydrogen-bond donors (Lipinski definition) is 1. The van der Waals surface area contributed by atoms with Crippen molar-refractivity contribution in [1.82, 2.24) is 0 Å². The molecule has 1 aliphatic rings. The summed E-state index contributed by atoms with van der Waals surface area (Å²) in [6.07, 6.45) is 1.03. The van der Waals surface area contributed by atoms with Crippen LogP contribution in [0.5, 0.6) is 5.75 Å². The van der Waals surface area contributed by atoms with Gasteiger partial charge in [0, 0.05) is 24.8 Å². The number of methoxy groups -OCH3 is 1. The fraction of sp³-hybridized carbons (Fsp3) is 0.278. The lowest BCUT2D eigenvalue weighted by atomic mass is 10.0. The summed E-state index contributed by atoms with van der Waals surface area (Å²) in [4.78, 5) is 13.6. The molecule has 0 saturated heterocycles. The lowest BCUT2D eigenvalue weighted by Crippen LogP contribution is -2.31. The van der Waals surface area contributed by atoms with Crippen molar-refractivity contribution in [3.63, 3.8) is 0 Å². The minimum Gasteiger partial charge on any atom is -0.497 e. The molecule has 0 spiro atoms. The Labute approximate surface area is 147 Å². The largest absolute Gasteiger partial charge is 0.497 e. The number of carbonyl (C=O) groups excluding carboxylic acids is 1. The molecule has 3 rings (SSSR count). The fourth-order valence-corrected chi connectivity index (χ4v) is 4.26. The molecule has 0 bridgehead atoms. The zero-order valence-corrected chi connectivity index (χ0v) is 15.2. The van der Waals surface area contributed by atoms with Crippen molar-refractivity contribution in [2.45, 2.75) is 24.7 Å². The molecule has 0 unspecified atom stereocenters. The maximum Gasteiger partial charge on any atom is 0.262 e. The van der Waals surface area contributed by atoms with E-state index >= 15 is 0 Å². The van der Waals surface area contributed by atoms with Crippen LogP contribution in [0.1, 0.15) is 17.5 Å². The minimum absolute atomic E-state index is 0.0645. The number of rotatable bonds is 4. The zero-order chi connectivity index (χ0) is 18.2. The monoisotopic (exact) mass is 360 g/mol. The highest BCUT2D eigenvalue weighted by atomic mass is 32.2. The summed E-state index contributed by atoms with van der Waals surface area (Å²) in [7, 11) is -0.441. The summed E-state index contributed by atoms with van der Waals surface area (Å²) in [5.74, 6) is 0.674. The van der Waals surface area contributed by atoms with Crippen molar-refractivity contribution < 1.29 is 17.9 Å². The third-order valence-electron chi connectivity index (χ3n) is 4.35. The molecule has 2 aromatic carbocycles. The quantitative estimate of drug-likeness (QED) is 0.910. The number of nitrogens with zero attached hydrogens (tertiary/aromatic N) is 1. The summed E-state index contributed by atoms with van der Waals surface area (Å²) in [5, 5.41) is 0. The van der Waals surface area contributed by atoms with Gasteiger partial charge >= 0.3 is 0 Å². The summed E-state index contributed by atoms with van der Waals surface area (Å²) >= 11 is 0. The highest BCUT2D eigenvalue weighted by Crippen LogP contribution is 2.30. The molecule has 7 heteroatoms. The van der Waals surface area contributed by atoms with Gasteiger partial charge in [-0.15, -0.1) is 0 Å². The number of fused-ring (bicyclic) bond motifs is 1.